The summed E-state index contributed by atoms with van der Waals surface area (Å²) in [6.07, 6.45) is 0.0603. The molecule has 5 heteroatoms. The molecule has 0 saturated carbocycles. The highest BCUT2D eigenvalue weighted by molar-refractivity contribution is 6.48. The van der Waals surface area contributed by atoms with E-state index in [4.69, 9.17) is 14.1 Å². The van der Waals surface area contributed by atoms with Gasteiger partial charge in [0.15, 0.2) is 9.04 Å². The van der Waals surface area contributed by atoms with E-state index in [0.29, 0.717) is 0 Å². The van der Waals surface area contributed by atoms with Crippen molar-refractivity contribution in [2.45, 2.75) is 40.0 Å². The lowest BCUT2D eigenvalue weighted by Gasteiger charge is -2.33. The highest BCUT2D eigenvalue weighted by atomic mass is 28.3. The van der Waals surface area contributed by atoms with Gasteiger partial charge in [-0.05, 0) is 30.6 Å². The van der Waals surface area contributed by atoms with E-state index in [2.05, 4.69) is 57.0 Å². The molecule has 2 heterocycles. The van der Waals surface area contributed by atoms with Crippen LogP contribution in [0.4, 0.5) is 5.82 Å². The lowest BCUT2D eigenvalue weighted by Crippen LogP contribution is -2.37. The maximum atomic E-state index is 6.28. The van der Waals surface area contributed by atoms with Crippen molar-refractivity contribution in [2.24, 2.45) is 5.41 Å². The van der Waals surface area contributed by atoms with Crippen LogP contribution in [0.3, 0.4) is 0 Å². The molecule has 1 atom stereocenters. The number of ether oxygens (including phenoxy) is 1. The zero-order valence-electron chi connectivity index (χ0n) is 13.9. The van der Waals surface area contributed by atoms with Gasteiger partial charge in [0.05, 0.1) is 25.0 Å². The van der Waals surface area contributed by atoms with Gasteiger partial charge in [-0.15, -0.1) is 0 Å². The Morgan fingerprint density at radius 3 is 2.48 bits per heavy atom. The zero-order chi connectivity index (χ0) is 15.5. The average molecular weight is 308 g/mol. The molecule has 4 nitrogen and oxygen atoms in total. The minimum atomic E-state index is -1.12. The number of hydrogen-bond acceptors (Lipinski definition) is 4. The third kappa shape index (κ3) is 4.53. The monoisotopic (exact) mass is 308 g/mol. The van der Waals surface area contributed by atoms with E-state index in [-0.39, 0.29) is 11.5 Å². The van der Waals surface area contributed by atoms with E-state index in [0.717, 1.165) is 37.8 Å². The summed E-state index contributed by atoms with van der Waals surface area (Å²) in [7, 11) is -1.12. The first-order valence-electron chi connectivity index (χ1n) is 7.83. The maximum absolute atomic E-state index is 6.28. The third-order valence-corrected chi connectivity index (χ3v) is 4.37. The smallest absolute Gasteiger partial charge is 0.171 e. The van der Waals surface area contributed by atoms with Gasteiger partial charge in [0, 0.05) is 13.1 Å². The predicted molar refractivity (Wildman–Crippen MR) is 89.4 cm³/mol. The molecule has 2 rings (SSSR count). The Balaban J connectivity index is 2.24. The van der Waals surface area contributed by atoms with E-state index in [1.165, 1.54) is 0 Å². The molecule has 1 saturated heterocycles. The van der Waals surface area contributed by atoms with Gasteiger partial charge in [-0.3, -0.25) is 0 Å². The van der Waals surface area contributed by atoms with E-state index < -0.39 is 9.04 Å². The Morgan fingerprint density at radius 1 is 1.24 bits per heavy atom. The minimum absolute atomic E-state index is 0.0495. The molecule has 118 valence electrons. The molecule has 1 aromatic rings. The number of pyridine rings is 1. The van der Waals surface area contributed by atoms with Gasteiger partial charge in [0.25, 0.3) is 0 Å². The van der Waals surface area contributed by atoms with Gasteiger partial charge in [-0.25, -0.2) is 4.98 Å². The van der Waals surface area contributed by atoms with Crippen LogP contribution in [0, 0.1) is 5.41 Å². The van der Waals surface area contributed by atoms with Crippen LogP contribution in [-0.2, 0) is 9.16 Å². The molecule has 0 N–H and O–H groups in total. The number of anilines is 1. The maximum Gasteiger partial charge on any atom is 0.171 e. The Kier molecular flexibility index (Phi) is 5.41. The highest BCUT2D eigenvalue weighted by Gasteiger charge is 2.29. The molecule has 0 bridgehead atoms. The molecular formula is C16H28N2O2Si. The molecule has 0 radical (unpaired) electrons. The van der Waals surface area contributed by atoms with E-state index in [1.807, 2.05) is 0 Å². The second-order valence-electron chi connectivity index (χ2n) is 6.95. The second-order valence-corrected chi connectivity index (χ2v) is 9.32. The normalized spacial score (nSPS) is 18.1. The second kappa shape index (κ2) is 6.90. The Hall–Kier alpha value is -0.913. The summed E-state index contributed by atoms with van der Waals surface area (Å²) in [5.74, 6) is 1.04. The van der Waals surface area contributed by atoms with Crippen molar-refractivity contribution < 1.29 is 9.16 Å². The predicted octanol–water partition coefficient (Wildman–Crippen LogP) is 3.01. The number of nitrogens with zero attached hydrogens (tertiary/aromatic N) is 2. The summed E-state index contributed by atoms with van der Waals surface area (Å²) in [4.78, 5) is 7.18. The molecule has 1 fully saturated rings. The molecule has 1 unspecified atom stereocenters. The number of aromatic nitrogens is 1. The van der Waals surface area contributed by atoms with Gasteiger partial charge in [-0.2, -0.15) is 0 Å². The van der Waals surface area contributed by atoms with E-state index >= 15 is 0 Å². The van der Waals surface area contributed by atoms with Gasteiger partial charge < -0.3 is 14.1 Å². The first kappa shape index (κ1) is 16.5. The molecule has 1 aromatic heterocycles. The van der Waals surface area contributed by atoms with Crippen molar-refractivity contribution in [1.82, 2.24) is 4.98 Å². The molecular weight excluding hydrogens is 280 g/mol. The van der Waals surface area contributed by atoms with Crippen LogP contribution in [0.15, 0.2) is 18.2 Å². The average Bonchev–Trinajstić information content (AvgIpc) is 2.44. The van der Waals surface area contributed by atoms with E-state index in [9.17, 15) is 0 Å². The zero-order valence-corrected chi connectivity index (χ0v) is 15.1. The molecule has 21 heavy (non-hydrogen) atoms. The molecule has 0 aliphatic carbocycles. The van der Waals surface area contributed by atoms with Crippen LogP contribution in [0.1, 0.15) is 32.6 Å². The minimum Gasteiger partial charge on any atom is -0.412 e. The Morgan fingerprint density at radius 2 is 1.90 bits per heavy atom. The Labute approximate surface area is 130 Å². The third-order valence-electron chi connectivity index (χ3n) is 3.55. The number of hydrogen-bond donors (Lipinski definition) is 0. The standard InChI is InChI=1S/C16H28N2O2Si/c1-16(2,3)15(20-21(4)5)13-7-6-8-14(17-13)18-9-11-19-12-10-18/h6-8,15,21H,9-12H2,1-5H3. The van der Waals surface area contributed by atoms with Crippen LogP contribution >= 0.6 is 0 Å². The van der Waals surface area contributed by atoms with Gasteiger partial charge in [0.2, 0.25) is 0 Å². The number of morpholine rings is 1. The van der Waals surface area contributed by atoms with Gasteiger partial charge in [0.1, 0.15) is 5.82 Å². The molecule has 1 aliphatic rings. The van der Waals surface area contributed by atoms with Gasteiger partial charge in [-0.1, -0.05) is 26.8 Å². The van der Waals surface area contributed by atoms with Crippen LogP contribution in [0.25, 0.3) is 0 Å². The lowest BCUT2D eigenvalue weighted by atomic mass is 9.87. The van der Waals surface area contributed by atoms with Crippen molar-refractivity contribution in [3.8, 4) is 0 Å². The van der Waals surface area contributed by atoms with Crippen LogP contribution < -0.4 is 4.90 Å². The summed E-state index contributed by atoms with van der Waals surface area (Å²) in [6.45, 7) is 14.5. The van der Waals surface area contributed by atoms with Gasteiger partial charge >= 0.3 is 0 Å². The lowest BCUT2D eigenvalue weighted by molar-refractivity contribution is 0.0826. The van der Waals surface area contributed by atoms with Crippen molar-refractivity contribution in [3.63, 3.8) is 0 Å². The quantitative estimate of drug-likeness (QED) is 0.801. The number of rotatable bonds is 4. The fraction of sp³-hybridized carbons (Fsp3) is 0.688. The van der Waals surface area contributed by atoms with Crippen LogP contribution in [0.2, 0.25) is 13.1 Å². The topological polar surface area (TPSA) is 34.6 Å². The van der Waals surface area contributed by atoms with E-state index in [1.54, 1.807) is 0 Å². The largest absolute Gasteiger partial charge is 0.412 e. The summed E-state index contributed by atoms with van der Waals surface area (Å²) < 4.78 is 11.7. The molecule has 0 aromatic carbocycles. The Bertz CT molecular complexity index is 454. The fourth-order valence-electron chi connectivity index (χ4n) is 2.54. The summed E-state index contributed by atoms with van der Waals surface area (Å²) >= 11 is 0. The summed E-state index contributed by atoms with van der Waals surface area (Å²) in [5.41, 5.74) is 1.10. The van der Waals surface area contributed by atoms with Crippen molar-refractivity contribution in [3.05, 3.63) is 23.9 Å². The highest BCUT2D eigenvalue weighted by Crippen LogP contribution is 2.36. The summed E-state index contributed by atoms with van der Waals surface area (Å²) in [6, 6.07) is 6.27. The summed E-state index contributed by atoms with van der Waals surface area (Å²) in [5, 5.41) is 0. The first-order valence-corrected chi connectivity index (χ1v) is 10.6. The fourth-order valence-corrected chi connectivity index (χ4v) is 3.64. The van der Waals surface area contributed by atoms with Crippen molar-refractivity contribution in [2.75, 3.05) is 31.2 Å². The SMILES string of the molecule is C[SiH](C)OC(c1cccc(N2CCOCC2)n1)C(C)(C)C. The molecule has 0 amide bonds. The van der Waals surface area contributed by atoms with Crippen molar-refractivity contribution >= 4 is 14.9 Å². The first-order chi connectivity index (χ1) is 9.88. The van der Waals surface area contributed by atoms with Crippen LogP contribution in [0.5, 0.6) is 0 Å². The molecule has 1 aliphatic heterocycles. The van der Waals surface area contributed by atoms with Crippen molar-refractivity contribution in [1.29, 1.82) is 0 Å². The van der Waals surface area contributed by atoms with Crippen LogP contribution in [-0.4, -0.2) is 40.3 Å². The molecule has 0 spiro atoms.